The molecule has 0 radical (unpaired) electrons. The first-order valence-electron chi connectivity index (χ1n) is 8.54. The second-order valence-corrected chi connectivity index (χ2v) is 6.37. The van der Waals surface area contributed by atoms with Crippen LogP contribution in [-0.2, 0) is 13.0 Å². The van der Waals surface area contributed by atoms with Crippen LogP contribution in [0.5, 0.6) is 0 Å². The zero-order valence-electron chi connectivity index (χ0n) is 15.0. The van der Waals surface area contributed by atoms with Gasteiger partial charge in [-0.25, -0.2) is 4.98 Å². The van der Waals surface area contributed by atoms with Crippen LogP contribution in [0.4, 0.5) is 5.69 Å². The fourth-order valence-electron chi connectivity index (χ4n) is 2.94. The Kier molecular flexibility index (Phi) is 5.19. The lowest BCUT2D eigenvalue weighted by Gasteiger charge is -2.19. The summed E-state index contributed by atoms with van der Waals surface area (Å²) in [5.74, 6) is 0. The standard InChI is InChI=1S/C19H25N5O/c1-4-23-12-16(10-21-23)19-11-20-14-24(19)18(13-25)9-15-5-7-17(8-6-15)22(2)3/h5-8,10-12,14,18,25H,4,9,13H2,1-3H3. The third-order valence-electron chi connectivity index (χ3n) is 4.45. The molecule has 0 aliphatic carbocycles. The molecule has 1 aromatic carbocycles. The zero-order chi connectivity index (χ0) is 17.8. The van der Waals surface area contributed by atoms with Crippen LogP contribution in [0.1, 0.15) is 18.5 Å². The highest BCUT2D eigenvalue weighted by molar-refractivity contribution is 5.57. The second kappa shape index (κ2) is 7.53. The molecule has 25 heavy (non-hydrogen) atoms. The van der Waals surface area contributed by atoms with E-state index in [2.05, 4.69) is 46.2 Å². The molecule has 6 nitrogen and oxygen atoms in total. The summed E-state index contributed by atoms with van der Waals surface area (Å²) in [6.45, 7) is 2.94. The van der Waals surface area contributed by atoms with Gasteiger partial charge in [-0.2, -0.15) is 5.10 Å². The zero-order valence-corrected chi connectivity index (χ0v) is 15.0. The van der Waals surface area contributed by atoms with Crippen LogP contribution in [0.3, 0.4) is 0 Å². The summed E-state index contributed by atoms with van der Waals surface area (Å²) in [6, 6.07) is 8.37. The number of anilines is 1. The number of imidazole rings is 1. The maximum Gasteiger partial charge on any atom is 0.0954 e. The minimum absolute atomic E-state index is 0.0563. The highest BCUT2D eigenvalue weighted by atomic mass is 16.3. The molecule has 0 fully saturated rings. The molecule has 1 N–H and O–H groups in total. The largest absolute Gasteiger partial charge is 0.394 e. The summed E-state index contributed by atoms with van der Waals surface area (Å²) in [4.78, 5) is 6.37. The van der Waals surface area contributed by atoms with E-state index in [0.717, 1.165) is 24.2 Å². The molecule has 0 saturated heterocycles. The summed E-state index contributed by atoms with van der Waals surface area (Å²) in [6.07, 6.45) is 8.21. The average Bonchev–Trinajstić information content (AvgIpc) is 3.28. The quantitative estimate of drug-likeness (QED) is 0.719. The van der Waals surface area contributed by atoms with Gasteiger partial charge in [0.2, 0.25) is 0 Å². The van der Waals surface area contributed by atoms with Crippen LogP contribution < -0.4 is 4.90 Å². The smallest absolute Gasteiger partial charge is 0.0954 e. The minimum Gasteiger partial charge on any atom is -0.394 e. The number of aliphatic hydroxyl groups is 1. The van der Waals surface area contributed by atoms with Crippen molar-refractivity contribution in [1.82, 2.24) is 19.3 Å². The molecule has 1 atom stereocenters. The van der Waals surface area contributed by atoms with Crippen molar-refractivity contribution in [2.24, 2.45) is 0 Å². The molecule has 3 aromatic rings. The van der Waals surface area contributed by atoms with Crippen molar-refractivity contribution in [3.05, 3.63) is 54.7 Å². The van der Waals surface area contributed by atoms with Crippen molar-refractivity contribution >= 4 is 5.69 Å². The molecule has 1 unspecified atom stereocenters. The van der Waals surface area contributed by atoms with Gasteiger partial charge in [0, 0.05) is 38.1 Å². The Morgan fingerprint density at radius 1 is 1.16 bits per heavy atom. The summed E-state index contributed by atoms with van der Waals surface area (Å²) >= 11 is 0. The van der Waals surface area contributed by atoms with Gasteiger partial charge in [0.05, 0.1) is 37.1 Å². The predicted molar refractivity (Wildman–Crippen MR) is 99.7 cm³/mol. The third kappa shape index (κ3) is 3.74. The van der Waals surface area contributed by atoms with Crippen molar-refractivity contribution in [1.29, 1.82) is 0 Å². The number of aliphatic hydroxyl groups excluding tert-OH is 1. The first-order valence-corrected chi connectivity index (χ1v) is 8.54. The van der Waals surface area contributed by atoms with Crippen molar-refractivity contribution < 1.29 is 5.11 Å². The molecule has 2 heterocycles. The predicted octanol–water partition coefficient (Wildman–Crippen LogP) is 2.61. The Morgan fingerprint density at radius 3 is 2.52 bits per heavy atom. The molecule has 0 bridgehead atoms. The van der Waals surface area contributed by atoms with E-state index in [1.165, 1.54) is 11.3 Å². The number of aromatic nitrogens is 4. The van der Waals surface area contributed by atoms with E-state index >= 15 is 0 Å². The molecule has 2 aromatic heterocycles. The van der Waals surface area contributed by atoms with Crippen molar-refractivity contribution in [3.63, 3.8) is 0 Å². The molecule has 3 rings (SSSR count). The van der Waals surface area contributed by atoms with Gasteiger partial charge < -0.3 is 14.6 Å². The molecule has 132 valence electrons. The molecule has 0 aliphatic rings. The summed E-state index contributed by atoms with van der Waals surface area (Å²) in [5, 5.41) is 14.3. The van der Waals surface area contributed by atoms with E-state index in [4.69, 9.17) is 0 Å². The Hall–Kier alpha value is -2.60. The van der Waals surface area contributed by atoms with Gasteiger partial charge in [0.25, 0.3) is 0 Å². The van der Waals surface area contributed by atoms with Crippen molar-refractivity contribution in [3.8, 4) is 11.3 Å². The van der Waals surface area contributed by atoms with Crippen molar-refractivity contribution in [2.75, 3.05) is 25.6 Å². The number of benzene rings is 1. The van der Waals surface area contributed by atoms with Gasteiger partial charge in [-0.05, 0) is 31.0 Å². The van der Waals surface area contributed by atoms with E-state index < -0.39 is 0 Å². The minimum atomic E-state index is -0.0623. The number of nitrogens with zero attached hydrogens (tertiary/aromatic N) is 5. The highest BCUT2D eigenvalue weighted by Crippen LogP contribution is 2.25. The number of hydrogen-bond acceptors (Lipinski definition) is 4. The lowest BCUT2D eigenvalue weighted by atomic mass is 10.1. The fraction of sp³-hybridized carbons (Fsp3) is 0.368. The number of aryl methyl sites for hydroxylation is 1. The van der Waals surface area contributed by atoms with Gasteiger partial charge in [-0.1, -0.05) is 12.1 Å². The molecule has 6 heteroatoms. The SMILES string of the molecule is CCn1cc(-c2cncn2C(CO)Cc2ccc(N(C)C)cc2)cn1. The Morgan fingerprint density at radius 2 is 1.92 bits per heavy atom. The lowest BCUT2D eigenvalue weighted by molar-refractivity contribution is 0.228. The maximum absolute atomic E-state index is 9.95. The third-order valence-corrected chi connectivity index (χ3v) is 4.45. The average molecular weight is 339 g/mol. The van der Waals surface area contributed by atoms with Gasteiger partial charge in [-0.15, -0.1) is 0 Å². The van der Waals surface area contributed by atoms with E-state index in [9.17, 15) is 5.11 Å². The van der Waals surface area contributed by atoms with Gasteiger partial charge in [0.1, 0.15) is 0 Å². The van der Waals surface area contributed by atoms with Gasteiger partial charge in [0.15, 0.2) is 0 Å². The van der Waals surface area contributed by atoms with Crippen LogP contribution >= 0.6 is 0 Å². The molecular formula is C19H25N5O. The molecule has 0 aliphatic heterocycles. The van der Waals surface area contributed by atoms with E-state index in [-0.39, 0.29) is 12.6 Å². The fourth-order valence-corrected chi connectivity index (χ4v) is 2.94. The summed E-state index contributed by atoms with van der Waals surface area (Å²) < 4.78 is 3.93. The van der Waals surface area contributed by atoms with Crippen LogP contribution in [0.2, 0.25) is 0 Å². The van der Waals surface area contributed by atoms with Gasteiger partial charge in [-0.3, -0.25) is 4.68 Å². The Balaban J connectivity index is 1.83. The van der Waals surface area contributed by atoms with E-state index in [0.29, 0.717) is 0 Å². The topological polar surface area (TPSA) is 59.1 Å². The lowest BCUT2D eigenvalue weighted by Crippen LogP contribution is -2.16. The molecular weight excluding hydrogens is 314 g/mol. The van der Waals surface area contributed by atoms with Gasteiger partial charge >= 0.3 is 0 Å². The molecule has 0 spiro atoms. The Bertz CT molecular complexity index is 803. The molecule has 0 saturated carbocycles. The number of hydrogen-bond donors (Lipinski definition) is 1. The second-order valence-electron chi connectivity index (χ2n) is 6.37. The monoisotopic (exact) mass is 339 g/mol. The van der Waals surface area contributed by atoms with E-state index in [1.807, 2.05) is 41.9 Å². The van der Waals surface area contributed by atoms with Crippen LogP contribution in [0.25, 0.3) is 11.3 Å². The summed E-state index contributed by atoms with van der Waals surface area (Å²) in [7, 11) is 4.06. The van der Waals surface area contributed by atoms with Crippen LogP contribution in [0.15, 0.2) is 49.2 Å². The van der Waals surface area contributed by atoms with Crippen LogP contribution in [-0.4, -0.2) is 45.1 Å². The summed E-state index contributed by atoms with van der Waals surface area (Å²) in [5.41, 5.74) is 4.34. The maximum atomic E-state index is 9.95. The van der Waals surface area contributed by atoms with Crippen molar-refractivity contribution in [2.45, 2.75) is 25.9 Å². The van der Waals surface area contributed by atoms with E-state index in [1.54, 1.807) is 6.33 Å². The number of rotatable bonds is 7. The normalized spacial score (nSPS) is 12.3. The molecule has 0 amide bonds. The first kappa shape index (κ1) is 17.2. The first-order chi connectivity index (χ1) is 12.1. The van der Waals surface area contributed by atoms with Crippen LogP contribution in [0, 0.1) is 0 Å². The Labute approximate surface area is 148 Å². The highest BCUT2D eigenvalue weighted by Gasteiger charge is 2.16.